The second-order valence-corrected chi connectivity index (χ2v) is 9.97. The van der Waals surface area contributed by atoms with Gasteiger partial charge in [-0.3, -0.25) is 10.1 Å². The molecule has 3 aromatic rings. The lowest BCUT2D eigenvalue weighted by Crippen LogP contribution is -2.47. The molecule has 4 rings (SSSR count). The van der Waals surface area contributed by atoms with Crippen molar-refractivity contribution < 1.29 is 13.3 Å². The number of sulfonamides is 1. The first-order valence-corrected chi connectivity index (χ1v) is 12.0. The number of likely N-dealkylation sites (N-methyl/N-ethyl adjacent to an activating group) is 1. The maximum absolute atomic E-state index is 13.1. The maximum Gasteiger partial charge on any atom is 0.293 e. The summed E-state index contributed by atoms with van der Waals surface area (Å²) in [5.41, 5.74) is 0.782. The van der Waals surface area contributed by atoms with Crippen LogP contribution in [0.4, 0.5) is 11.4 Å². The molecule has 174 valence electrons. The number of rotatable bonds is 7. The highest BCUT2D eigenvalue weighted by molar-refractivity contribution is 7.89. The number of hydrogen-bond donors (Lipinski definition) is 1. The SMILES string of the molecule is CN1CCN(S(=O)(=O)c2ccc(NC(c3ccccc3)c3nccn3C)c([N+](=O)[O-])c2)CC1. The molecule has 0 amide bonds. The van der Waals surface area contributed by atoms with Crippen LogP contribution in [0.25, 0.3) is 0 Å². The lowest BCUT2D eigenvalue weighted by atomic mass is 10.1. The van der Waals surface area contributed by atoms with Crippen LogP contribution < -0.4 is 5.32 Å². The smallest absolute Gasteiger partial charge is 0.293 e. The van der Waals surface area contributed by atoms with Crippen molar-refractivity contribution >= 4 is 21.4 Å². The van der Waals surface area contributed by atoms with E-state index in [0.29, 0.717) is 32.0 Å². The zero-order chi connectivity index (χ0) is 23.6. The van der Waals surface area contributed by atoms with E-state index >= 15 is 0 Å². The summed E-state index contributed by atoms with van der Waals surface area (Å²) in [4.78, 5) is 17.7. The van der Waals surface area contributed by atoms with Gasteiger partial charge in [-0.2, -0.15) is 4.31 Å². The van der Waals surface area contributed by atoms with Crippen molar-refractivity contribution in [1.29, 1.82) is 0 Å². The first-order valence-electron chi connectivity index (χ1n) is 10.5. The van der Waals surface area contributed by atoms with Crippen molar-refractivity contribution in [1.82, 2.24) is 18.8 Å². The lowest BCUT2D eigenvalue weighted by Gasteiger charge is -2.31. The molecule has 33 heavy (non-hydrogen) atoms. The number of nitrogens with zero attached hydrogens (tertiary/aromatic N) is 5. The fourth-order valence-corrected chi connectivity index (χ4v) is 5.32. The molecule has 1 aliphatic heterocycles. The number of nitro benzene ring substituents is 1. The molecule has 1 N–H and O–H groups in total. The average molecular weight is 471 g/mol. The second-order valence-electron chi connectivity index (χ2n) is 8.03. The molecular formula is C22H26N6O4S. The van der Waals surface area contributed by atoms with Crippen molar-refractivity contribution in [2.75, 3.05) is 38.5 Å². The van der Waals surface area contributed by atoms with Crippen LogP contribution in [-0.2, 0) is 17.1 Å². The standard InChI is InChI=1S/C22H26N6O4S/c1-25-12-14-27(15-13-25)33(31,32)18-8-9-19(20(16-18)28(29)30)24-21(17-6-4-3-5-7-17)22-23-10-11-26(22)2/h3-11,16,21,24H,12-15H2,1-2H3. The maximum atomic E-state index is 13.1. The summed E-state index contributed by atoms with van der Waals surface area (Å²) < 4.78 is 29.4. The number of aromatic nitrogens is 2. The third-order valence-corrected chi connectivity index (χ3v) is 7.71. The van der Waals surface area contributed by atoms with Gasteiger partial charge in [0.25, 0.3) is 5.69 Å². The summed E-state index contributed by atoms with van der Waals surface area (Å²) >= 11 is 0. The molecule has 0 radical (unpaired) electrons. The molecule has 0 bridgehead atoms. The summed E-state index contributed by atoms with van der Waals surface area (Å²) in [6.07, 6.45) is 3.46. The van der Waals surface area contributed by atoms with Crippen LogP contribution in [0, 0.1) is 10.1 Å². The fraction of sp³-hybridized carbons (Fsp3) is 0.318. The van der Waals surface area contributed by atoms with Gasteiger partial charge in [-0.25, -0.2) is 13.4 Å². The first kappa shape index (κ1) is 22.9. The molecule has 0 spiro atoms. The molecule has 0 saturated carbocycles. The largest absolute Gasteiger partial charge is 0.366 e. The number of anilines is 1. The van der Waals surface area contributed by atoms with Crippen molar-refractivity contribution in [3.05, 3.63) is 82.4 Å². The van der Waals surface area contributed by atoms with E-state index in [2.05, 4.69) is 10.3 Å². The molecule has 11 heteroatoms. The average Bonchev–Trinajstić information content (AvgIpc) is 3.23. The van der Waals surface area contributed by atoms with E-state index in [1.54, 1.807) is 12.4 Å². The van der Waals surface area contributed by atoms with Gasteiger partial charge in [0.05, 0.1) is 9.82 Å². The van der Waals surface area contributed by atoms with Crippen molar-refractivity contribution in [3.8, 4) is 0 Å². The number of nitrogens with one attached hydrogen (secondary N) is 1. The number of benzene rings is 2. The minimum Gasteiger partial charge on any atom is -0.366 e. The highest BCUT2D eigenvalue weighted by Crippen LogP contribution is 2.33. The number of imidazole rings is 1. The Morgan fingerprint density at radius 3 is 2.36 bits per heavy atom. The van der Waals surface area contributed by atoms with Gasteiger partial charge in [-0.15, -0.1) is 0 Å². The Labute approximate surface area is 192 Å². The number of piperazine rings is 1. The number of hydrogen-bond acceptors (Lipinski definition) is 7. The number of nitro groups is 1. The van der Waals surface area contributed by atoms with Crippen LogP contribution in [0.3, 0.4) is 0 Å². The van der Waals surface area contributed by atoms with Crippen LogP contribution in [-0.4, -0.2) is 65.3 Å². The molecule has 1 atom stereocenters. The van der Waals surface area contributed by atoms with Crippen LogP contribution in [0.1, 0.15) is 17.4 Å². The van der Waals surface area contributed by atoms with Gasteiger partial charge in [-0.1, -0.05) is 30.3 Å². The Morgan fingerprint density at radius 2 is 1.76 bits per heavy atom. The molecule has 2 heterocycles. The predicted octanol–water partition coefficient (Wildman–Crippen LogP) is 2.47. The van der Waals surface area contributed by atoms with E-state index in [0.717, 1.165) is 11.6 Å². The van der Waals surface area contributed by atoms with E-state index in [1.807, 2.05) is 53.9 Å². The van der Waals surface area contributed by atoms with Gasteiger partial charge in [0, 0.05) is 51.7 Å². The predicted molar refractivity (Wildman–Crippen MR) is 124 cm³/mol. The van der Waals surface area contributed by atoms with Gasteiger partial charge in [-0.05, 0) is 24.7 Å². The Balaban J connectivity index is 1.70. The Kier molecular flexibility index (Phi) is 6.45. The molecular weight excluding hydrogens is 444 g/mol. The lowest BCUT2D eigenvalue weighted by molar-refractivity contribution is -0.384. The summed E-state index contributed by atoms with van der Waals surface area (Å²) in [7, 11) is -0.0529. The quantitative estimate of drug-likeness (QED) is 0.417. The van der Waals surface area contributed by atoms with Crippen LogP contribution in [0.15, 0.2) is 65.8 Å². The van der Waals surface area contributed by atoms with Crippen molar-refractivity contribution in [2.24, 2.45) is 7.05 Å². The van der Waals surface area contributed by atoms with Crippen LogP contribution in [0.2, 0.25) is 0 Å². The van der Waals surface area contributed by atoms with E-state index in [-0.39, 0.29) is 16.3 Å². The normalized spacial score (nSPS) is 16.4. The zero-order valence-corrected chi connectivity index (χ0v) is 19.3. The van der Waals surface area contributed by atoms with Gasteiger partial charge >= 0.3 is 0 Å². The highest BCUT2D eigenvalue weighted by atomic mass is 32.2. The van der Waals surface area contributed by atoms with Crippen LogP contribution in [0.5, 0.6) is 0 Å². The molecule has 2 aromatic carbocycles. The van der Waals surface area contributed by atoms with Gasteiger partial charge < -0.3 is 14.8 Å². The third kappa shape index (κ3) is 4.75. The van der Waals surface area contributed by atoms with E-state index in [4.69, 9.17) is 0 Å². The van der Waals surface area contributed by atoms with Gasteiger partial charge in [0.15, 0.2) is 0 Å². The monoisotopic (exact) mass is 470 g/mol. The Bertz CT molecular complexity index is 1240. The fourth-order valence-electron chi connectivity index (χ4n) is 3.88. The van der Waals surface area contributed by atoms with E-state index < -0.39 is 21.0 Å². The first-order chi connectivity index (χ1) is 15.8. The molecule has 1 unspecified atom stereocenters. The Morgan fingerprint density at radius 1 is 1.06 bits per heavy atom. The number of aryl methyl sites for hydroxylation is 1. The van der Waals surface area contributed by atoms with Crippen LogP contribution >= 0.6 is 0 Å². The van der Waals surface area contributed by atoms with E-state index in [9.17, 15) is 18.5 Å². The van der Waals surface area contributed by atoms with Crippen molar-refractivity contribution in [3.63, 3.8) is 0 Å². The minimum absolute atomic E-state index is 0.0856. The highest BCUT2D eigenvalue weighted by Gasteiger charge is 2.30. The molecule has 10 nitrogen and oxygen atoms in total. The summed E-state index contributed by atoms with van der Waals surface area (Å²) in [6, 6.07) is 13.0. The molecule has 1 saturated heterocycles. The second kappa shape index (κ2) is 9.30. The van der Waals surface area contributed by atoms with E-state index in [1.165, 1.54) is 16.4 Å². The molecule has 1 aliphatic rings. The molecule has 0 aliphatic carbocycles. The Hall–Kier alpha value is -3.28. The summed E-state index contributed by atoms with van der Waals surface area (Å²) in [5, 5.41) is 15.1. The zero-order valence-electron chi connectivity index (χ0n) is 18.5. The van der Waals surface area contributed by atoms with Gasteiger partial charge in [0.2, 0.25) is 10.0 Å². The topological polar surface area (TPSA) is 114 Å². The summed E-state index contributed by atoms with van der Waals surface area (Å²) in [6.45, 7) is 1.93. The van der Waals surface area contributed by atoms with Crippen molar-refractivity contribution in [2.45, 2.75) is 10.9 Å². The third-order valence-electron chi connectivity index (χ3n) is 5.82. The molecule has 1 aromatic heterocycles. The minimum atomic E-state index is -3.83. The van der Waals surface area contributed by atoms with Gasteiger partial charge in [0.1, 0.15) is 17.6 Å². The molecule has 1 fully saturated rings. The summed E-state index contributed by atoms with van der Waals surface area (Å²) in [5.74, 6) is 0.671.